The van der Waals surface area contributed by atoms with Crippen LogP contribution in [-0.2, 0) is 27.3 Å². The van der Waals surface area contributed by atoms with E-state index in [9.17, 15) is 9.59 Å². The Balaban J connectivity index is 1.47. The van der Waals surface area contributed by atoms with Crippen LogP contribution in [0.25, 0.3) is 0 Å². The third-order valence-corrected chi connectivity index (χ3v) is 7.61. The van der Waals surface area contributed by atoms with E-state index in [4.69, 9.17) is 32.7 Å². The fourth-order valence-corrected chi connectivity index (χ4v) is 4.88. The van der Waals surface area contributed by atoms with Crippen LogP contribution in [0.4, 0.5) is 0 Å². The summed E-state index contributed by atoms with van der Waals surface area (Å²) < 4.78 is 12.4. The summed E-state index contributed by atoms with van der Waals surface area (Å²) in [6.45, 7) is 3.58. The molecule has 0 N–H and O–H groups in total. The van der Waals surface area contributed by atoms with Crippen LogP contribution in [0, 0.1) is 6.92 Å². The molecule has 0 aliphatic carbocycles. The maximum absolute atomic E-state index is 13.4. The first-order chi connectivity index (χ1) is 18.7. The van der Waals surface area contributed by atoms with Crippen molar-refractivity contribution in [3.63, 3.8) is 0 Å². The van der Waals surface area contributed by atoms with E-state index in [-0.39, 0.29) is 31.4 Å². The van der Waals surface area contributed by atoms with E-state index in [2.05, 4.69) is 0 Å². The molecule has 0 aromatic heterocycles. The van der Waals surface area contributed by atoms with Crippen molar-refractivity contribution in [2.45, 2.75) is 38.3 Å². The molecule has 8 heteroatoms. The molecule has 4 rings (SSSR count). The number of carbonyl (C=O) groups excluding carboxylic acids is 2. The maximum atomic E-state index is 13.4. The van der Waals surface area contributed by atoms with Crippen molar-refractivity contribution in [1.82, 2.24) is 9.80 Å². The lowest BCUT2D eigenvalue weighted by Gasteiger charge is -2.42. The molecule has 1 aliphatic rings. The number of rotatable bonds is 10. The number of carbonyl (C=O) groups is 2. The van der Waals surface area contributed by atoms with Gasteiger partial charge >= 0.3 is 0 Å². The van der Waals surface area contributed by atoms with Crippen molar-refractivity contribution in [2.75, 3.05) is 33.4 Å². The quantitative estimate of drug-likeness (QED) is 0.303. The Bertz CT molecular complexity index is 1270. The van der Waals surface area contributed by atoms with E-state index in [0.29, 0.717) is 48.3 Å². The molecule has 0 unspecified atom stereocenters. The van der Waals surface area contributed by atoms with Gasteiger partial charge in [-0.2, -0.15) is 0 Å². The molecular weight excluding hydrogens is 535 g/mol. The fourth-order valence-electron chi connectivity index (χ4n) is 4.64. The van der Waals surface area contributed by atoms with Crippen molar-refractivity contribution < 1.29 is 19.1 Å². The van der Waals surface area contributed by atoms with E-state index in [1.165, 1.54) is 0 Å². The second-order valence-corrected chi connectivity index (χ2v) is 10.9. The monoisotopic (exact) mass is 568 g/mol. The molecule has 206 valence electrons. The van der Waals surface area contributed by atoms with E-state index < -0.39 is 5.60 Å². The Kier molecular flexibility index (Phi) is 9.89. The van der Waals surface area contributed by atoms with Crippen LogP contribution in [-0.4, -0.2) is 60.6 Å². The molecule has 1 heterocycles. The van der Waals surface area contributed by atoms with Gasteiger partial charge in [0.15, 0.2) is 0 Å². The zero-order chi connectivity index (χ0) is 27.8. The number of ether oxygens (including phenoxy) is 2. The van der Waals surface area contributed by atoms with Gasteiger partial charge in [0.05, 0.1) is 19.6 Å². The van der Waals surface area contributed by atoms with Crippen LogP contribution < -0.4 is 4.74 Å². The zero-order valence-corrected chi connectivity index (χ0v) is 23.9. The molecule has 0 spiro atoms. The molecule has 1 fully saturated rings. The summed E-state index contributed by atoms with van der Waals surface area (Å²) in [5.41, 5.74) is 2.00. The highest BCUT2D eigenvalue weighted by Gasteiger charge is 2.42. The van der Waals surface area contributed by atoms with Gasteiger partial charge < -0.3 is 19.3 Å². The number of hydrogen-bond acceptors (Lipinski definition) is 4. The highest BCUT2D eigenvalue weighted by Crippen LogP contribution is 2.28. The van der Waals surface area contributed by atoms with Gasteiger partial charge in [0, 0.05) is 36.6 Å². The lowest BCUT2D eigenvalue weighted by molar-refractivity contribution is -0.165. The smallest absolute Gasteiger partial charge is 0.225 e. The van der Waals surface area contributed by atoms with Gasteiger partial charge in [-0.25, -0.2) is 0 Å². The molecule has 1 atom stereocenters. The number of morpholine rings is 1. The summed E-state index contributed by atoms with van der Waals surface area (Å²) in [6, 6.07) is 22.8. The van der Waals surface area contributed by atoms with E-state index in [0.717, 1.165) is 16.7 Å². The highest BCUT2D eigenvalue weighted by atomic mass is 35.5. The molecule has 3 aromatic carbocycles. The number of halogens is 2. The largest absolute Gasteiger partial charge is 0.490 e. The standard InChI is InChI=1S/C31H34Cl2N2O4/c1-23-18-27(13-14-28(23)33)38-22-31(19-30(37)34(2)20-25-6-4-3-5-7-25)21-35(16-17-39-31)29(36)15-10-24-8-11-26(32)12-9-24/h3-9,11-14,18H,10,15-17,19-22H2,1-2H3/t31-/m1/s1. The van der Waals surface area contributed by atoms with Gasteiger partial charge in [0.2, 0.25) is 11.8 Å². The minimum absolute atomic E-state index is 0.0186. The first-order valence-corrected chi connectivity index (χ1v) is 13.8. The minimum Gasteiger partial charge on any atom is -0.490 e. The lowest BCUT2D eigenvalue weighted by Crippen LogP contribution is -2.58. The molecular formula is C31H34Cl2N2O4. The molecule has 6 nitrogen and oxygen atoms in total. The van der Waals surface area contributed by atoms with Crippen LogP contribution in [0.2, 0.25) is 10.0 Å². The first-order valence-electron chi connectivity index (χ1n) is 13.1. The van der Waals surface area contributed by atoms with Gasteiger partial charge in [-0.1, -0.05) is 65.7 Å². The number of hydrogen-bond donors (Lipinski definition) is 0. The Hall–Kier alpha value is -3.06. The van der Waals surface area contributed by atoms with Crippen LogP contribution in [0.15, 0.2) is 72.8 Å². The summed E-state index contributed by atoms with van der Waals surface area (Å²) >= 11 is 12.2. The molecule has 1 aliphatic heterocycles. The lowest BCUT2D eigenvalue weighted by atomic mass is 9.96. The third-order valence-electron chi connectivity index (χ3n) is 6.93. The summed E-state index contributed by atoms with van der Waals surface area (Å²) in [7, 11) is 1.78. The topological polar surface area (TPSA) is 59.1 Å². The van der Waals surface area contributed by atoms with E-state index in [1.54, 1.807) is 29.0 Å². The SMILES string of the molecule is Cc1cc(OC[C@@]2(CC(=O)N(C)Cc3ccccc3)CN(C(=O)CCc3ccc(Cl)cc3)CCO2)ccc1Cl. The van der Waals surface area contributed by atoms with Crippen molar-refractivity contribution in [3.05, 3.63) is 99.5 Å². The van der Waals surface area contributed by atoms with E-state index in [1.807, 2.05) is 67.6 Å². The summed E-state index contributed by atoms with van der Waals surface area (Å²) in [4.78, 5) is 30.1. The Morgan fingerprint density at radius 3 is 2.49 bits per heavy atom. The van der Waals surface area contributed by atoms with Gasteiger partial charge in [0.25, 0.3) is 0 Å². The average molecular weight is 570 g/mol. The maximum Gasteiger partial charge on any atom is 0.225 e. The average Bonchev–Trinajstić information content (AvgIpc) is 2.94. The Morgan fingerprint density at radius 2 is 1.77 bits per heavy atom. The van der Waals surface area contributed by atoms with Crippen molar-refractivity contribution in [3.8, 4) is 5.75 Å². The van der Waals surface area contributed by atoms with E-state index >= 15 is 0 Å². The van der Waals surface area contributed by atoms with Crippen molar-refractivity contribution in [2.24, 2.45) is 0 Å². The van der Waals surface area contributed by atoms with Gasteiger partial charge in [-0.05, 0) is 60.4 Å². The van der Waals surface area contributed by atoms with Crippen LogP contribution >= 0.6 is 23.2 Å². The molecule has 39 heavy (non-hydrogen) atoms. The summed E-state index contributed by atoms with van der Waals surface area (Å²) in [5, 5.41) is 1.32. The second-order valence-electron chi connectivity index (χ2n) is 10.1. The zero-order valence-electron chi connectivity index (χ0n) is 22.4. The van der Waals surface area contributed by atoms with Crippen molar-refractivity contribution >= 4 is 35.0 Å². The first kappa shape index (κ1) is 28.9. The number of amides is 2. The molecule has 0 saturated carbocycles. The van der Waals surface area contributed by atoms with Gasteiger partial charge in [0.1, 0.15) is 18.0 Å². The van der Waals surface area contributed by atoms with Gasteiger partial charge in [-0.3, -0.25) is 9.59 Å². The Morgan fingerprint density at radius 1 is 1.03 bits per heavy atom. The Labute approximate surface area is 240 Å². The molecule has 1 saturated heterocycles. The number of benzene rings is 3. The normalized spacial score (nSPS) is 17.1. The van der Waals surface area contributed by atoms with Crippen LogP contribution in [0.1, 0.15) is 29.5 Å². The van der Waals surface area contributed by atoms with Gasteiger partial charge in [-0.15, -0.1) is 0 Å². The van der Waals surface area contributed by atoms with Crippen LogP contribution in [0.3, 0.4) is 0 Å². The van der Waals surface area contributed by atoms with Crippen LogP contribution in [0.5, 0.6) is 5.75 Å². The predicted molar refractivity (Wildman–Crippen MR) is 154 cm³/mol. The summed E-state index contributed by atoms with van der Waals surface area (Å²) in [5.74, 6) is 0.575. The number of nitrogens with zero attached hydrogens (tertiary/aromatic N) is 2. The molecule has 2 amide bonds. The van der Waals surface area contributed by atoms with Crippen molar-refractivity contribution in [1.29, 1.82) is 0 Å². The molecule has 0 radical (unpaired) electrons. The fraction of sp³-hybridized carbons (Fsp3) is 0.355. The number of aryl methyl sites for hydroxylation is 2. The predicted octanol–water partition coefficient (Wildman–Crippen LogP) is 5.96. The second kappa shape index (κ2) is 13.3. The molecule has 0 bridgehead atoms. The summed E-state index contributed by atoms with van der Waals surface area (Å²) in [6.07, 6.45) is 1.06. The minimum atomic E-state index is -0.982. The third kappa shape index (κ3) is 8.21. The highest BCUT2D eigenvalue weighted by molar-refractivity contribution is 6.31. The molecule has 3 aromatic rings.